The number of fused-ring (bicyclic) bond motifs is 6. The third kappa shape index (κ3) is 6.72. The molecule has 6 nitrogen and oxygen atoms in total. The number of carbonyl (C=O) groups is 1. The number of amides is 1. The van der Waals surface area contributed by atoms with Crippen molar-refractivity contribution >= 4 is 22.6 Å². The van der Waals surface area contributed by atoms with Gasteiger partial charge in [0.1, 0.15) is 11.6 Å². The van der Waals surface area contributed by atoms with E-state index < -0.39 is 58.7 Å². The Bertz CT molecular complexity index is 1370. The molecule has 3 heterocycles. The highest BCUT2D eigenvalue weighted by Gasteiger charge is 2.49. The number of nitrogens with two attached hydrogens (primary N) is 1. The summed E-state index contributed by atoms with van der Waals surface area (Å²) < 4.78 is 72.1. The molecule has 226 valence electrons. The molecule has 1 saturated heterocycles. The van der Waals surface area contributed by atoms with E-state index in [0.717, 1.165) is 12.8 Å². The molecule has 5 atom stereocenters. The quantitative estimate of drug-likeness (QED) is 0.323. The molecule has 42 heavy (non-hydrogen) atoms. The van der Waals surface area contributed by atoms with Crippen LogP contribution in [0.15, 0.2) is 42.5 Å². The van der Waals surface area contributed by atoms with E-state index >= 15 is 4.39 Å². The zero-order chi connectivity index (χ0) is 29.9. The molecule has 4 N–H and O–H groups in total. The van der Waals surface area contributed by atoms with E-state index in [1.807, 2.05) is 4.31 Å². The normalized spacial score (nSPS) is 27.4. The first-order valence-corrected chi connectivity index (χ1v) is 15.7. The van der Waals surface area contributed by atoms with Crippen molar-refractivity contribution in [1.29, 1.82) is 0 Å². The summed E-state index contributed by atoms with van der Waals surface area (Å²) >= 11 is 0. The minimum absolute atomic E-state index is 0.0303. The number of alkyl halides is 2. The standard InChI is InChI=1S/C31H36F4N4O2S/c32-22-10-8-21(9-11-22)30(14-16-31(34,35)17-15-30)28(36)29(40)38-27-7-1-6-26(33)25(27)13-12-24-20-37-23-4-2-18-39(24)42(41)19-3-5-23/h1,6-11,23-24,28,37H,3,5,12-20,36H2,(H,38,40)/t23?,24-,28+,42?/m0/s1. The molecule has 11 heteroatoms. The first-order chi connectivity index (χ1) is 20.1. The summed E-state index contributed by atoms with van der Waals surface area (Å²) in [6, 6.07) is 8.47. The average Bonchev–Trinajstić information content (AvgIpc) is 3.08. The Kier molecular flexibility index (Phi) is 9.38. The van der Waals surface area contributed by atoms with Crippen LogP contribution in [0.4, 0.5) is 23.2 Å². The van der Waals surface area contributed by atoms with Crippen molar-refractivity contribution in [3.05, 3.63) is 65.2 Å². The number of hydrogen-bond donors (Lipinski definition) is 3. The number of carbonyl (C=O) groups excluding carboxylic acids is 1. The third-order valence-electron chi connectivity index (χ3n) is 8.87. The predicted molar refractivity (Wildman–Crippen MR) is 155 cm³/mol. The van der Waals surface area contributed by atoms with Crippen LogP contribution in [0, 0.1) is 23.5 Å². The molecule has 1 aliphatic carbocycles. The van der Waals surface area contributed by atoms with Gasteiger partial charge in [0, 0.05) is 47.8 Å². The number of anilines is 1. The van der Waals surface area contributed by atoms with E-state index in [1.54, 1.807) is 6.07 Å². The van der Waals surface area contributed by atoms with E-state index in [0.29, 0.717) is 30.8 Å². The van der Waals surface area contributed by atoms with Crippen molar-refractivity contribution in [3.8, 4) is 11.8 Å². The van der Waals surface area contributed by atoms with Crippen molar-refractivity contribution < 1.29 is 26.6 Å². The maximum absolute atomic E-state index is 15.2. The Morgan fingerprint density at radius 2 is 1.88 bits per heavy atom. The van der Waals surface area contributed by atoms with Crippen LogP contribution in [0.2, 0.25) is 0 Å². The van der Waals surface area contributed by atoms with Crippen molar-refractivity contribution in [2.24, 2.45) is 5.73 Å². The maximum Gasteiger partial charge on any atom is 0.248 e. The highest BCUT2D eigenvalue weighted by atomic mass is 32.2. The van der Waals surface area contributed by atoms with Crippen LogP contribution in [0.25, 0.3) is 0 Å². The molecule has 3 unspecified atom stereocenters. The minimum atomic E-state index is -2.87. The lowest BCUT2D eigenvalue weighted by Crippen LogP contribution is -2.55. The Labute approximate surface area is 246 Å². The summed E-state index contributed by atoms with van der Waals surface area (Å²) in [6.07, 6.45) is 1.33. The Hall–Kier alpha value is -2.78. The predicted octanol–water partition coefficient (Wildman–Crippen LogP) is 4.41. The van der Waals surface area contributed by atoms with Crippen LogP contribution >= 0.6 is 0 Å². The van der Waals surface area contributed by atoms with Gasteiger partial charge in [-0.3, -0.25) is 4.79 Å². The van der Waals surface area contributed by atoms with E-state index in [2.05, 4.69) is 22.5 Å². The summed E-state index contributed by atoms with van der Waals surface area (Å²) in [5.41, 5.74) is 6.45. The second-order valence-electron chi connectivity index (χ2n) is 11.5. The highest BCUT2D eigenvalue weighted by molar-refractivity contribution is 7.82. The number of nitrogens with zero attached hydrogens (tertiary/aromatic N) is 1. The van der Waals surface area contributed by atoms with E-state index in [4.69, 9.17) is 5.73 Å². The van der Waals surface area contributed by atoms with E-state index in [-0.39, 0.29) is 42.6 Å². The first-order valence-electron chi connectivity index (χ1n) is 14.4. The van der Waals surface area contributed by atoms with Gasteiger partial charge in [0.25, 0.3) is 0 Å². The second-order valence-corrected chi connectivity index (χ2v) is 13.0. The van der Waals surface area contributed by atoms with Crippen LogP contribution in [-0.4, -0.2) is 57.3 Å². The smallest absolute Gasteiger partial charge is 0.248 e. The summed E-state index contributed by atoms with van der Waals surface area (Å²) in [7, 11) is -1.20. The number of rotatable bonds is 7. The van der Waals surface area contributed by atoms with Crippen molar-refractivity contribution in [2.75, 3.05) is 24.2 Å². The molecule has 1 saturated carbocycles. The lowest BCUT2D eigenvalue weighted by atomic mass is 9.64. The second kappa shape index (κ2) is 12.8. The van der Waals surface area contributed by atoms with Gasteiger partial charge in [-0.1, -0.05) is 30.0 Å². The molecule has 2 fully saturated rings. The van der Waals surface area contributed by atoms with Gasteiger partial charge in [0.2, 0.25) is 11.8 Å². The van der Waals surface area contributed by atoms with Gasteiger partial charge >= 0.3 is 0 Å². The fourth-order valence-corrected chi connectivity index (χ4v) is 7.69. The third-order valence-corrected chi connectivity index (χ3v) is 10.5. The van der Waals surface area contributed by atoms with Gasteiger partial charge in [-0.25, -0.2) is 26.1 Å². The summed E-state index contributed by atoms with van der Waals surface area (Å²) in [5.74, 6) is 2.36. The fourth-order valence-electron chi connectivity index (χ4n) is 6.32. The van der Waals surface area contributed by atoms with Crippen LogP contribution in [0.3, 0.4) is 0 Å². The van der Waals surface area contributed by atoms with Gasteiger partial charge < -0.3 is 16.4 Å². The molecule has 2 aromatic carbocycles. The zero-order valence-electron chi connectivity index (χ0n) is 23.3. The molecule has 1 amide bonds. The monoisotopic (exact) mass is 604 g/mol. The molecule has 0 spiro atoms. The van der Waals surface area contributed by atoms with Gasteiger partial charge in [0.15, 0.2) is 0 Å². The van der Waals surface area contributed by atoms with Crippen LogP contribution in [0.5, 0.6) is 0 Å². The summed E-state index contributed by atoms with van der Waals surface area (Å²) in [4.78, 5) is 13.6. The van der Waals surface area contributed by atoms with Gasteiger partial charge in [-0.2, -0.15) is 0 Å². The maximum atomic E-state index is 15.2. The molecular weight excluding hydrogens is 568 g/mol. The number of halogens is 4. The van der Waals surface area contributed by atoms with Crippen molar-refractivity contribution in [1.82, 2.24) is 9.62 Å². The molecule has 4 aliphatic rings. The minimum Gasteiger partial charge on any atom is -0.324 e. The van der Waals surface area contributed by atoms with Gasteiger partial charge in [-0.05, 0) is 68.4 Å². The van der Waals surface area contributed by atoms with Crippen LogP contribution in [0.1, 0.15) is 56.1 Å². The molecule has 0 radical (unpaired) electrons. The largest absolute Gasteiger partial charge is 0.324 e. The van der Waals surface area contributed by atoms with Gasteiger partial charge in [-0.15, -0.1) is 0 Å². The van der Waals surface area contributed by atoms with Crippen LogP contribution < -0.4 is 16.4 Å². The molecule has 2 bridgehead atoms. The van der Waals surface area contributed by atoms with Gasteiger partial charge in [0.05, 0.1) is 29.6 Å². The highest BCUT2D eigenvalue weighted by Crippen LogP contribution is 2.47. The number of benzene rings is 2. The lowest BCUT2D eigenvalue weighted by Gasteiger charge is -2.44. The molecule has 6 rings (SSSR count). The lowest BCUT2D eigenvalue weighted by molar-refractivity contribution is -0.121. The molecule has 2 aromatic rings. The molecule has 0 aromatic heterocycles. The average molecular weight is 605 g/mol. The first kappa shape index (κ1) is 30.7. The summed E-state index contributed by atoms with van der Waals surface area (Å²) in [6.45, 7) is 0.923. The van der Waals surface area contributed by atoms with Crippen LogP contribution in [-0.2, 0) is 27.6 Å². The molecule has 3 aliphatic heterocycles. The Morgan fingerprint density at radius 1 is 1.14 bits per heavy atom. The SMILES string of the molecule is N[C@H](C(=O)Nc1cccc(F)c1CC[C@H]1CNC2C#CCN1S(=O)CCC2)C1(c2ccc(F)cc2)CCC(F)(F)CC1. The summed E-state index contributed by atoms with van der Waals surface area (Å²) in [5, 5.41) is 6.21. The number of nitrogens with one attached hydrogen (secondary N) is 2. The Morgan fingerprint density at radius 3 is 2.62 bits per heavy atom. The van der Waals surface area contributed by atoms with Crippen molar-refractivity contribution in [3.63, 3.8) is 0 Å². The zero-order valence-corrected chi connectivity index (χ0v) is 24.1. The molecular formula is C31H36F4N4O2S. The van der Waals surface area contributed by atoms with Crippen molar-refractivity contribution in [2.45, 2.75) is 80.8 Å². The van der Waals surface area contributed by atoms with E-state index in [9.17, 15) is 22.2 Å². The number of hydrogen-bond acceptors (Lipinski definition) is 4. The van der Waals surface area contributed by atoms with E-state index in [1.165, 1.54) is 36.4 Å². The Balaban J connectivity index is 1.35. The topological polar surface area (TPSA) is 87.5 Å². The fraction of sp³-hybridized carbons (Fsp3) is 0.516.